The van der Waals surface area contributed by atoms with E-state index in [1.54, 1.807) is 6.07 Å². The highest BCUT2D eigenvalue weighted by atomic mass is 79.9. The summed E-state index contributed by atoms with van der Waals surface area (Å²) >= 11 is 0. The molecule has 1 atom stereocenters. The van der Waals surface area contributed by atoms with Crippen molar-refractivity contribution in [3.05, 3.63) is 65.9 Å². The smallest absolute Gasteiger partial charge is 0.115 e. The van der Waals surface area contributed by atoms with E-state index in [9.17, 15) is 5.11 Å². The Morgan fingerprint density at radius 1 is 1.08 bits per heavy atom. The minimum Gasteiger partial charge on any atom is -0.508 e. The molecule has 140 valence electrons. The molecule has 1 aliphatic rings. The van der Waals surface area contributed by atoms with Crippen LogP contribution in [0.25, 0.3) is 10.9 Å². The van der Waals surface area contributed by atoms with Crippen LogP contribution in [0.3, 0.4) is 0 Å². The summed E-state index contributed by atoms with van der Waals surface area (Å²) in [4.78, 5) is 5.94. The number of hydrogen-bond acceptors (Lipinski definition) is 2. The number of phenolic OH excluding ortho intramolecular Hbond substituents is 1. The molecule has 3 nitrogen and oxygen atoms in total. The summed E-state index contributed by atoms with van der Waals surface area (Å²) < 4.78 is 0. The van der Waals surface area contributed by atoms with Gasteiger partial charge in [-0.05, 0) is 61.1 Å². The van der Waals surface area contributed by atoms with Crippen molar-refractivity contribution in [3.8, 4) is 5.75 Å². The van der Waals surface area contributed by atoms with Crippen LogP contribution in [0.1, 0.15) is 29.9 Å². The molecule has 0 aliphatic carbocycles. The third-order valence-corrected chi connectivity index (χ3v) is 5.22. The number of benzene rings is 2. The van der Waals surface area contributed by atoms with E-state index < -0.39 is 0 Å². The summed E-state index contributed by atoms with van der Waals surface area (Å²) in [5.41, 5.74) is 3.90. The second-order valence-corrected chi connectivity index (χ2v) is 6.84. The third-order valence-electron chi connectivity index (χ3n) is 5.22. The monoisotopic (exact) mass is 480 g/mol. The van der Waals surface area contributed by atoms with E-state index in [-0.39, 0.29) is 34.0 Å². The number of para-hydroxylation sites is 1. The topological polar surface area (TPSA) is 39.3 Å². The van der Waals surface area contributed by atoms with E-state index in [4.69, 9.17) is 0 Å². The number of rotatable bonds is 4. The molecule has 1 unspecified atom stereocenters. The molecule has 0 amide bonds. The fourth-order valence-electron chi connectivity index (χ4n) is 3.93. The number of halogens is 2. The van der Waals surface area contributed by atoms with Gasteiger partial charge in [-0.3, -0.25) is 0 Å². The zero-order valence-corrected chi connectivity index (χ0v) is 18.2. The Labute approximate surface area is 176 Å². The molecule has 3 aromatic rings. The lowest BCUT2D eigenvalue weighted by Gasteiger charge is -2.33. The predicted molar refractivity (Wildman–Crippen MR) is 119 cm³/mol. The van der Waals surface area contributed by atoms with E-state index >= 15 is 0 Å². The minimum atomic E-state index is 0. The van der Waals surface area contributed by atoms with Gasteiger partial charge >= 0.3 is 0 Å². The standard InChI is InChI=1S/C21H24N2O.2BrH/c24-19-7-3-5-16(13-19)18-6-4-11-23(15-18)12-10-17-14-22-21-9-2-1-8-20(17)21;;/h1-3,5,7-9,13-14,18,22,24H,4,6,10-12,15H2;2*1H. The van der Waals surface area contributed by atoms with Crippen molar-refractivity contribution in [3.63, 3.8) is 0 Å². The maximum atomic E-state index is 9.72. The van der Waals surface area contributed by atoms with Crippen molar-refractivity contribution in [2.45, 2.75) is 25.2 Å². The molecule has 2 heterocycles. The van der Waals surface area contributed by atoms with Crippen LogP contribution in [0, 0.1) is 0 Å². The van der Waals surface area contributed by atoms with Crippen molar-refractivity contribution >= 4 is 44.9 Å². The number of aromatic nitrogens is 1. The van der Waals surface area contributed by atoms with Crippen molar-refractivity contribution in [1.29, 1.82) is 0 Å². The van der Waals surface area contributed by atoms with Gasteiger partial charge in [-0.1, -0.05) is 30.3 Å². The van der Waals surface area contributed by atoms with Gasteiger partial charge in [0.25, 0.3) is 0 Å². The lowest BCUT2D eigenvalue weighted by Crippen LogP contribution is -2.35. The van der Waals surface area contributed by atoms with Crippen LogP contribution in [0.4, 0.5) is 0 Å². The summed E-state index contributed by atoms with van der Waals surface area (Å²) in [7, 11) is 0. The van der Waals surface area contributed by atoms with Gasteiger partial charge in [-0.15, -0.1) is 34.0 Å². The highest BCUT2D eigenvalue weighted by molar-refractivity contribution is 8.93. The Kier molecular flexibility index (Phi) is 7.74. The van der Waals surface area contributed by atoms with E-state index in [0.29, 0.717) is 11.7 Å². The van der Waals surface area contributed by atoms with Gasteiger partial charge in [-0.25, -0.2) is 0 Å². The highest BCUT2D eigenvalue weighted by Gasteiger charge is 2.21. The van der Waals surface area contributed by atoms with Gasteiger partial charge in [0.05, 0.1) is 0 Å². The molecule has 0 bridgehead atoms. The fraction of sp³-hybridized carbons (Fsp3) is 0.333. The molecule has 2 N–H and O–H groups in total. The lowest BCUT2D eigenvalue weighted by atomic mass is 9.90. The van der Waals surface area contributed by atoms with E-state index in [1.807, 2.05) is 12.1 Å². The number of piperidine rings is 1. The second-order valence-electron chi connectivity index (χ2n) is 6.84. The molecule has 1 aromatic heterocycles. The average molecular weight is 482 g/mol. The van der Waals surface area contributed by atoms with Gasteiger partial charge in [0.1, 0.15) is 5.75 Å². The summed E-state index contributed by atoms with van der Waals surface area (Å²) in [5, 5.41) is 11.1. The average Bonchev–Trinajstić information content (AvgIpc) is 3.03. The first-order valence-corrected chi connectivity index (χ1v) is 8.86. The van der Waals surface area contributed by atoms with E-state index in [1.165, 1.54) is 41.4 Å². The summed E-state index contributed by atoms with van der Waals surface area (Å²) in [6.07, 6.45) is 5.68. The number of H-pyrrole nitrogens is 1. The molecule has 1 saturated heterocycles. The third kappa shape index (κ3) is 4.70. The number of aromatic hydroxyl groups is 1. The Bertz CT molecular complexity index is 833. The Balaban J connectivity index is 0.00000121. The van der Waals surface area contributed by atoms with Crippen LogP contribution in [-0.2, 0) is 6.42 Å². The molecular formula is C21H26Br2N2O. The Morgan fingerprint density at radius 2 is 1.92 bits per heavy atom. The van der Waals surface area contributed by atoms with Crippen molar-refractivity contribution in [2.75, 3.05) is 19.6 Å². The quantitative estimate of drug-likeness (QED) is 0.519. The number of likely N-dealkylation sites (tertiary alicyclic amines) is 1. The first kappa shape index (κ1) is 21.0. The number of aromatic amines is 1. The minimum absolute atomic E-state index is 0. The SMILES string of the molecule is Br.Br.Oc1cccc(C2CCCN(CCc3c[nH]c4ccccc34)C2)c1. The van der Waals surface area contributed by atoms with Gasteiger partial charge in [0.2, 0.25) is 0 Å². The van der Waals surface area contributed by atoms with Gasteiger partial charge in [0, 0.05) is 30.2 Å². The van der Waals surface area contributed by atoms with Crippen molar-refractivity contribution < 1.29 is 5.11 Å². The molecule has 0 saturated carbocycles. The summed E-state index contributed by atoms with van der Waals surface area (Å²) in [5.74, 6) is 0.914. The zero-order chi connectivity index (χ0) is 16.4. The molecule has 5 heteroatoms. The molecule has 0 spiro atoms. The van der Waals surface area contributed by atoms with Crippen LogP contribution in [-0.4, -0.2) is 34.6 Å². The first-order valence-electron chi connectivity index (χ1n) is 8.86. The largest absolute Gasteiger partial charge is 0.508 e. The predicted octanol–water partition coefficient (Wildman–Crippen LogP) is 5.45. The Morgan fingerprint density at radius 3 is 2.77 bits per heavy atom. The number of fused-ring (bicyclic) bond motifs is 1. The summed E-state index contributed by atoms with van der Waals surface area (Å²) in [6.45, 7) is 3.36. The number of phenols is 1. The fourth-order valence-corrected chi connectivity index (χ4v) is 3.93. The molecular weight excluding hydrogens is 456 g/mol. The van der Waals surface area contributed by atoms with Crippen LogP contribution in [0.5, 0.6) is 5.75 Å². The van der Waals surface area contributed by atoms with Crippen LogP contribution < -0.4 is 0 Å². The maximum Gasteiger partial charge on any atom is 0.115 e. The van der Waals surface area contributed by atoms with Crippen molar-refractivity contribution in [2.24, 2.45) is 0 Å². The van der Waals surface area contributed by atoms with E-state index in [2.05, 4.69) is 46.4 Å². The van der Waals surface area contributed by atoms with Crippen molar-refractivity contribution in [1.82, 2.24) is 9.88 Å². The molecule has 1 fully saturated rings. The van der Waals surface area contributed by atoms with E-state index in [0.717, 1.165) is 19.5 Å². The van der Waals surface area contributed by atoms with Crippen LogP contribution in [0.2, 0.25) is 0 Å². The van der Waals surface area contributed by atoms with Crippen LogP contribution in [0.15, 0.2) is 54.7 Å². The van der Waals surface area contributed by atoms with Gasteiger partial charge in [0.15, 0.2) is 0 Å². The molecule has 26 heavy (non-hydrogen) atoms. The highest BCUT2D eigenvalue weighted by Crippen LogP contribution is 2.29. The lowest BCUT2D eigenvalue weighted by molar-refractivity contribution is 0.210. The first-order chi connectivity index (χ1) is 11.8. The maximum absolute atomic E-state index is 9.72. The molecule has 4 rings (SSSR count). The van der Waals surface area contributed by atoms with Gasteiger partial charge < -0.3 is 15.0 Å². The normalized spacial score (nSPS) is 17.5. The zero-order valence-electron chi connectivity index (χ0n) is 14.7. The molecule has 0 radical (unpaired) electrons. The number of nitrogens with one attached hydrogen (secondary N) is 1. The van der Waals surface area contributed by atoms with Gasteiger partial charge in [-0.2, -0.15) is 0 Å². The molecule has 1 aliphatic heterocycles. The second kappa shape index (κ2) is 9.58. The van der Waals surface area contributed by atoms with Crippen LogP contribution >= 0.6 is 34.0 Å². The molecule has 2 aromatic carbocycles. The number of nitrogens with zero attached hydrogens (tertiary/aromatic N) is 1. The number of hydrogen-bond donors (Lipinski definition) is 2. The Hall–Kier alpha value is -1.30. The summed E-state index contributed by atoms with van der Waals surface area (Å²) in [6, 6.07) is 16.3.